The lowest BCUT2D eigenvalue weighted by atomic mass is 10.2. The van der Waals surface area contributed by atoms with E-state index >= 15 is 0 Å². The Labute approximate surface area is 139 Å². The second-order valence-electron chi connectivity index (χ2n) is 5.19. The minimum absolute atomic E-state index is 0.203. The first-order valence-electron chi connectivity index (χ1n) is 7.35. The third-order valence-electron chi connectivity index (χ3n) is 3.42. The Kier molecular flexibility index (Phi) is 4.88. The van der Waals surface area contributed by atoms with Crippen LogP contribution in [0.1, 0.15) is 5.56 Å². The van der Waals surface area contributed by atoms with Crippen molar-refractivity contribution in [2.45, 2.75) is 12.6 Å². The molecule has 0 bridgehead atoms. The Morgan fingerprint density at radius 2 is 1.83 bits per heavy atom. The summed E-state index contributed by atoms with van der Waals surface area (Å²) in [6, 6.07) is 14.6. The van der Waals surface area contributed by atoms with Crippen LogP contribution in [0.5, 0.6) is 11.5 Å². The van der Waals surface area contributed by atoms with Crippen LogP contribution in [0.2, 0.25) is 5.02 Å². The molecule has 2 aromatic rings. The van der Waals surface area contributed by atoms with Gasteiger partial charge in [-0.05, 0) is 29.8 Å². The summed E-state index contributed by atoms with van der Waals surface area (Å²) in [5, 5.41) is 6.25. The predicted octanol–water partition coefficient (Wildman–Crippen LogP) is 2.98. The smallest absolute Gasteiger partial charge is 0.315 e. The molecule has 0 spiro atoms. The van der Waals surface area contributed by atoms with Crippen LogP contribution in [0.15, 0.2) is 48.5 Å². The van der Waals surface area contributed by atoms with Crippen LogP contribution in [-0.2, 0) is 6.54 Å². The molecule has 6 heteroatoms. The summed E-state index contributed by atoms with van der Waals surface area (Å²) in [7, 11) is 0. The lowest BCUT2D eigenvalue weighted by molar-refractivity contribution is 0.0918. The van der Waals surface area contributed by atoms with E-state index in [0.717, 1.165) is 11.3 Å². The Morgan fingerprint density at radius 1 is 1.09 bits per heavy atom. The number of fused-ring (bicyclic) bond motifs is 1. The van der Waals surface area contributed by atoms with E-state index in [1.165, 1.54) is 0 Å². The number of rotatable bonds is 4. The Morgan fingerprint density at radius 3 is 2.61 bits per heavy atom. The molecule has 1 aliphatic rings. The molecule has 5 nitrogen and oxygen atoms in total. The number of hydrogen-bond acceptors (Lipinski definition) is 3. The van der Waals surface area contributed by atoms with Gasteiger partial charge >= 0.3 is 6.03 Å². The average molecular weight is 333 g/mol. The van der Waals surface area contributed by atoms with Crippen LogP contribution in [0.25, 0.3) is 0 Å². The molecule has 1 atom stereocenters. The van der Waals surface area contributed by atoms with E-state index in [2.05, 4.69) is 10.6 Å². The largest absolute Gasteiger partial charge is 0.486 e. The molecular formula is C17H17ClN2O3. The Balaban J connectivity index is 1.42. The zero-order chi connectivity index (χ0) is 16.1. The summed E-state index contributed by atoms with van der Waals surface area (Å²) in [4.78, 5) is 11.8. The summed E-state index contributed by atoms with van der Waals surface area (Å²) in [6.45, 7) is 1.23. The lowest BCUT2D eigenvalue weighted by Crippen LogP contribution is -2.44. The molecule has 1 aliphatic heterocycles. The fraction of sp³-hybridized carbons (Fsp3) is 0.235. The number of ether oxygens (including phenoxy) is 2. The highest BCUT2D eigenvalue weighted by molar-refractivity contribution is 6.30. The molecule has 0 aromatic heterocycles. The van der Waals surface area contributed by atoms with E-state index in [0.29, 0.717) is 30.5 Å². The van der Waals surface area contributed by atoms with Crippen LogP contribution in [-0.4, -0.2) is 25.3 Å². The van der Waals surface area contributed by atoms with Crippen molar-refractivity contribution in [1.82, 2.24) is 10.6 Å². The van der Waals surface area contributed by atoms with E-state index in [9.17, 15) is 4.79 Å². The van der Waals surface area contributed by atoms with Gasteiger partial charge in [0.05, 0.1) is 6.54 Å². The maximum absolute atomic E-state index is 11.8. The molecule has 1 heterocycles. The first-order valence-corrected chi connectivity index (χ1v) is 7.73. The van der Waals surface area contributed by atoms with Crippen molar-refractivity contribution in [2.75, 3.05) is 13.2 Å². The van der Waals surface area contributed by atoms with Gasteiger partial charge in [-0.3, -0.25) is 0 Å². The standard InChI is InChI=1S/C17H17ClN2O3/c18-13-7-5-12(6-8-13)9-19-17(21)20-10-14-11-22-15-3-1-2-4-16(15)23-14/h1-8,14H,9-11H2,(H2,19,20,21)/t14-/m0/s1. The van der Waals surface area contributed by atoms with E-state index in [-0.39, 0.29) is 12.1 Å². The van der Waals surface area contributed by atoms with Gasteiger partial charge < -0.3 is 20.1 Å². The number of carbonyl (C=O) groups is 1. The zero-order valence-electron chi connectivity index (χ0n) is 12.4. The molecule has 0 fully saturated rings. The third-order valence-corrected chi connectivity index (χ3v) is 3.68. The molecule has 0 unspecified atom stereocenters. The number of carbonyl (C=O) groups excluding carboxylic acids is 1. The van der Waals surface area contributed by atoms with Gasteiger partial charge in [-0.1, -0.05) is 35.9 Å². The van der Waals surface area contributed by atoms with Gasteiger partial charge in [-0.2, -0.15) is 0 Å². The molecular weight excluding hydrogens is 316 g/mol. The minimum atomic E-state index is -0.248. The van der Waals surface area contributed by atoms with Gasteiger partial charge in [-0.25, -0.2) is 4.79 Å². The van der Waals surface area contributed by atoms with Gasteiger partial charge in [-0.15, -0.1) is 0 Å². The summed E-state index contributed by atoms with van der Waals surface area (Å²) in [5.74, 6) is 1.43. The highest BCUT2D eigenvalue weighted by Gasteiger charge is 2.20. The van der Waals surface area contributed by atoms with Gasteiger partial charge in [0, 0.05) is 11.6 Å². The molecule has 3 rings (SSSR count). The molecule has 2 amide bonds. The van der Waals surface area contributed by atoms with Crippen LogP contribution in [0.3, 0.4) is 0 Å². The van der Waals surface area contributed by atoms with Gasteiger partial charge in [0.15, 0.2) is 17.6 Å². The topological polar surface area (TPSA) is 59.6 Å². The van der Waals surface area contributed by atoms with E-state index in [1.807, 2.05) is 36.4 Å². The van der Waals surface area contributed by atoms with Crippen molar-refractivity contribution in [2.24, 2.45) is 0 Å². The van der Waals surface area contributed by atoms with E-state index < -0.39 is 0 Å². The minimum Gasteiger partial charge on any atom is -0.486 e. The molecule has 23 heavy (non-hydrogen) atoms. The van der Waals surface area contributed by atoms with Crippen LogP contribution >= 0.6 is 11.6 Å². The number of nitrogens with one attached hydrogen (secondary N) is 2. The highest BCUT2D eigenvalue weighted by atomic mass is 35.5. The summed E-state index contributed by atoms with van der Waals surface area (Å²) >= 11 is 5.82. The molecule has 0 saturated heterocycles. The Hall–Kier alpha value is -2.40. The summed E-state index contributed by atoms with van der Waals surface area (Å²) in [5.41, 5.74) is 0.982. The first-order chi connectivity index (χ1) is 11.2. The zero-order valence-corrected chi connectivity index (χ0v) is 13.2. The molecule has 2 aromatic carbocycles. The number of amides is 2. The van der Waals surface area contributed by atoms with Crippen molar-refractivity contribution in [3.63, 3.8) is 0 Å². The molecule has 2 N–H and O–H groups in total. The molecule has 120 valence electrons. The number of halogens is 1. The quantitative estimate of drug-likeness (QED) is 0.905. The van der Waals surface area contributed by atoms with Gasteiger partial charge in [0.25, 0.3) is 0 Å². The van der Waals surface area contributed by atoms with Crippen molar-refractivity contribution in [1.29, 1.82) is 0 Å². The highest BCUT2D eigenvalue weighted by Crippen LogP contribution is 2.30. The van der Waals surface area contributed by atoms with Crippen molar-refractivity contribution >= 4 is 17.6 Å². The van der Waals surface area contributed by atoms with Crippen LogP contribution < -0.4 is 20.1 Å². The van der Waals surface area contributed by atoms with E-state index in [4.69, 9.17) is 21.1 Å². The number of benzene rings is 2. The Bertz CT molecular complexity index is 676. The third kappa shape index (κ3) is 4.29. The average Bonchev–Trinajstić information content (AvgIpc) is 2.59. The molecule has 0 radical (unpaired) electrons. The normalized spacial score (nSPS) is 15.8. The number of hydrogen-bond donors (Lipinski definition) is 2. The van der Waals surface area contributed by atoms with Crippen molar-refractivity contribution in [3.8, 4) is 11.5 Å². The maximum atomic E-state index is 11.8. The van der Waals surface area contributed by atoms with Crippen molar-refractivity contribution < 1.29 is 14.3 Å². The van der Waals surface area contributed by atoms with Crippen LogP contribution in [0.4, 0.5) is 4.79 Å². The SMILES string of the molecule is O=C(NCc1ccc(Cl)cc1)NC[C@H]1COc2ccccc2O1. The van der Waals surface area contributed by atoms with Crippen molar-refractivity contribution in [3.05, 3.63) is 59.1 Å². The van der Waals surface area contributed by atoms with Gasteiger partial charge in [0.1, 0.15) is 6.61 Å². The molecule has 0 saturated carbocycles. The number of urea groups is 1. The molecule has 0 aliphatic carbocycles. The fourth-order valence-corrected chi connectivity index (χ4v) is 2.34. The van der Waals surface area contributed by atoms with Crippen LogP contribution in [0, 0.1) is 0 Å². The summed E-state index contributed by atoms with van der Waals surface area (Å²) in [6.07, 6.45) is -0.203. The second-order valence-corrected chi connectivity index (χ2v) is 5.62. The second kappa shape index (κ2) is 7.24. The summed E-state index contributed by atoms with van der Waals surface area (Å²) < 4.78 is 11.4. The first kappa shape index (κ1) is 15.5. The van der Waals surface area contributed by atoms with Gasteiger partial charge in [0.2, 0.25) is 0 Å². The lowest BCUT2D eigenvalue weighted by Gasteiger charge is -2.26. The predicted molar refractivity (Wildman–Crippen MR) is 88.0 cm³/mol. The maximum Gasteiger partial charge on any atom is 0.315 e. The van der Waals surface area contributed by atoms with E-state index in [1.54, 1.807) is 12.1 Å². The monoisotopic (exact) mass is 332 g/mol. The fourth-order valence-electron chi connectivity index (χ4n) is 2.22. The number of para-hydroxylation sites is 2.